The lowest BCUT2D eigenvalue weighted by Gasteiger charge is -2.05. The van der Waals surface area contributed by atoms with Gasteiger partial charge in [0.2, 0.25) is 5.56 Å². The van der Waals surface area contributed by atoms with Gasteiger partial charge in [-0.2, -0.15) is 0 Å². The summed E-state index contributed by atoms with van der Waals surface area (Å²) in [7, 11) is 0. The van der Waals surface area contributed by atoms with Gasteiger partial charge in [0, 0.05) is 30.7 Å². The van der Waals surface area contributed by atoms with Crippen molar-refractivity contribution in [3.63, 3.8) is 0 Å². The number of carbonyl (C=O) groups excluding carboxylic acids is 1. The molecule has 0 aliphatic rings. The Morgan fingerprint density at radius 2 is 2.09 bits per heavy atom. The Hall–Kier alpha value is -2.89. The van der Waals surface area contributed by atoms with Crippen molar-refractivity contribution < 1.29 is 13.6 Å². The van der Waals surface area contributed by atoms with Crippen LogP contribution in [-0.4, -0.2) is 17.0 Å². The van der Waals surface area contributed by atoms with E-state index in [4.69, 9.17) is 4.42 Å². The molecule has 5 nitrogen and oxygen atoms in total. The Morgan fingerprint density at radius 3 is 2.91 bits per heavy atom. The summed E-state index contributed by atoms with van der Waals surface area (Å²) >= 11 is 0. The number of furan rings is 1. The molecule has 0 aliphatic heterocycles. The van der Waals surface area contributed by atoms with Crippen LogP contribution < -0.4 is 10.9 Å². The van der Waals surface area contributed by atoms with E-state index in [9.17, 15) is 14.0 Å². The maximum absolute atomic E-state index is 13.1. The molecule has 0 saturated carbocycles. The molecular weight excluding hydrogens is 299 g/mol. The van der Waals surface area contributed by atoms with Gasteiger partial charge < -0.3 is 14.3 Å². The SMILES string of the molecule is O=C(NCCCn1ccccc1=O)c1cc2cc(F)ccc2o1. The third-order valence-corrected chi connectivity index (χ3v) is 3.46. The quantitative estimate of drug-likeness (QED) is 0.736. The van der Waals surface area contributed by atoms with Gasteiger partial charge in [-0.3, -0.25) is 9.59 Å². The Kier molecular flexibility index (Phi) is 4.23. The average Bonchev–Trinajstić information content (AvgIpc) is 2.96. The standard InChI is InChI=1S/C17H15FN2O3/c18-13-5-6-14-12(10-13)11-15(23-14)17(22)19-7-3-9-20-8-2-1-4-16(20)21/h1-2,4-6,8,10-11H,3,7,9H2,(H,19,22). The van der Waals surface area contributed by atoms with Crippen LogP contribution in [0.4, 0.5) is 4.39 Å². The highest BCUT2D eigenvalue weighted by atomic mass is 19.1. The van der Waals surface area contributed by atoms with Gasteiger partial charge in [-0.15, -0.1) is 0 Å². The van der Waals surface area contributed by atoms with E-state index in [0.717, 1.165) is 0 Å². The first-order valence-corrected chi connectivity index (χ1v) is 7.26. The van der Waals surface area contributed by atoms with Crippen LogP contribution in [0.1, 0.15) is 17.0 Å². The number of carbonyl (C=O) groups is 1. The van der Waals surface area contributed by atoms with Crippen LogP contribution in [0.5, 0.6) is 0 Å². The zero-order valence-electron chi connectivity index (χ0n) is 12.3. The van der Waals surface area contributed by atoms with Crippen LogP contribution in [0.25, 0.3) is 11.0 Å². The number of nitrogens with zero attached hydrogens (tertiary/aromatic N) is 1. The predicted octanol–water partition coefficient (Wildman–Crippen LogP) is 2.55. The minimum absolute atomic E-state index is 0.0712. The first-order chi connectivity index (χ1) is 11.1. The summed E-state index contributed by atoms with van der Waals surface area (Å²) in [6.07, 6.45) is 2.32. The summed E-state index contributed by atoms with van der Waals surface area (Å²) in [5.74, 6) is -0.594. The number of aryl methyl sites for hydroxylation is 1. The van der Waals surface area contributed by atoms with E-state index in [1.807, 2.05) is 0 Å². The average molecular weight is 314 g/mol. The molecular formula is C17H15FN2O3. The largest absolute Gasteiger partial charge is 0.451 e. The molecule has 118 valence electrons. The maximum atomic E-state index is 13.1. The van der Waals surface area contributed by atoms with Crippen LogP contribution in [0.2, 0.25) is 0 Å². The molecule has 0 fully saturated rings. The van der Waals surface area contributed by atoms with Gasteiger partial charge in [0.25, 0.3) is 5.91 Å². The molecule has 1 N–H and O–H groups in total. The van der Waals surface area contributed by atoms with Gasteiger partial charge in [-0.05, 0) is 36.8 Å². The molecule has 0 unspecified atom stereocenters. The first kappa shape index (κ1) is 15.0. The summed E-state index contributed by atoms with van der Waals surface area (Å²) < 4.78 is 20.1. The topological polar surface area (TPSA) is 64.2 Å². The van der Waals surface area contributed by atoms with Crippen molar-refractivity contribution >= 4 is 16.9 Å². The summed E-state index contributed by atoms with van der Waals surface area (Å²) in [5, 5.41) is 3.27. The van der Waals surface area contributed by atoms with E-state index < -0.39 is 0 Å². The highest BCUT2D eigenvalue weighted by molar-refractivity contribution is 5.96. The molecule has 1 amide bonds. The summed E-state index contributed by atoms with van der Waals surface area (Å²) in [4.78, 5) is 23.5. The highest BCUT2D eigenvalue weighted by Gasteiger charge is 2.12. The monoisotopic (exact) mass is 314 g/mol. The Balaban J connectivity index is 1.56. The van der Waals surface area contributed by atoms with Crippen LogP contribution >= 0.6 is 0 Å². The molecule has 2 aromatic heterocycles. The van der Waals surface area contributed by atoms with Gasteiger partial charge >= 0.3 is 0 Å². The van der Waals surface area contributed by atoms with E-state index >= 15 is 0 Å². The second-order valence-electron chi connectivity index (χ2n) is 5.13. The van der Waals surface area contributed by atoms with Crippen LogP contribution in [0.3, 0.4) is 0 Å². The molecule has 0 bridgehead atoms. The second kappa shape index (κ2) is 6.48. The fraction of sp³-hybridized carbons (Fsp3) is 0.176. The molecule has 0 saturated heterocycles. The van der Waals surface area contributed by atoms with Crippen molar-refractivity contribution in [2.75, 3.05) is 6.54 Å². The fourth-order valence-corrected chi connectivity index (χ4v) is 2.31. The first-order valence-electron chi connectivity index (χ1n) is 7.26. The lowest BCUT2D eigenvalue weighted by Crippen LogP contribution is -2.26. The lowest BCUT2D eigenvalue weighted by atomic mass is 10.2. The number of rotatable bonds is 5. The minimum Gasteiger partial charge on any atom is -0.451 e. The van der Waals surface area contributed by atoms with Gasteiger partial charge in [0.05, 0.1) is 0 Å². The number of aromatic nitrogens is 1. The third kappa shape index (κ3) is 3.48. The summed E-state index contributed by atoms with van der Waals surface area (Å²) in [6, 6.07) is 10.6. The van der Waals surface area contributed by atoms with Crippen LogP contribution in [0.15, 0.2) is 57.9 Å². The van der Waals surface area contributed by atoms with Gasteiger partial charge in [-0.25, -0.2) is 4.39 Å². The number of nitrogens with one attached hydrogen (secondary N) is 1. The Labute approximate surface area is 131 Å². The molecule has 2 heterocycles. The lowest BCUT2D eigenvalue weighted by molar-refractivity contribution is 0.0927. The molecule has 3 rings (SSSR count). The molecule has 0 aliphatic carbocycles. The maximum Gasteiger partial charge on any atom is 0.287 e. The molecule has 1 aromatic carbocycles. The molecule has 3 aromatic rings. The summed E-state index contributed by atoms with van der Waals surface area (Å²) in [6.45, 7) is 0.927. The predicted molar refractivity (Wildman–Crippen MR) is 83.8 cm³/mol. The van der Waals surface area contributed by atoms with E-state index in [2.05, 4.69) is 5.32 Å². The normalized spacial score (nSPS) is 10.8. The molecule has 23 heavy (non-hydrogen) atoms. The number of hydrogen-bond donors (Lipinski definition) is 1. The van der Waals surface area contributed by atoms with Crippen molar-refractivity contribution in [2.45, 2.75) is 13.0 Å². The zero-order valence-corrected chi connectivity index (χ0v) is 12.3. The molecule has 0 radical (unpaired) electrons. The Morgan fingerprint density at radius 1 is 1.22 bits per heavy atom. The zero-order chi connectivity index (χ0) is 16.2. The van der Waals surface area contributed by atoms with E-state index in [0.29, 0.717) is 30.5 Å². The van der Waals surface area contributed by atoms with Crippen LogP contribution in [0, 0.1) is 5.82 Å². The van der Waals surface area contributed by atoms with E-state index in [1.165, 1.54) is 30.3 Å². The molecule has 6 heteroatoms. The van der Waals surface area contributed by atoms with Crippen LogP contribution in [-0.2, 0) is 6.54 Å². The molecule has 0 spiro atoms. The third-order valence-electron chi connectivity index (χ3n) is 3.46. The molecule has 0 atom stereocenters. The smallest absolute Gasteiger partial charge is 0.287 e. The van der Waals surface area contributed by atoms with Gasteiger partial charge in [0.15, 0.2) is 5.76 Å². The fourth-order valence-electron chi connectivity index (χ4n) is 2.31. The number of benzene rings is 1. The number of fused-ring (bicyclic) bond motifs is 1. The van der Waals surface area contributed by atoms with Crippen molar-refractivity contribution in [3.05, 3.63) is 70.6 Å². The van der Waals surface area contributed by atoms with Crippen molar-refractivity contribution in [1.82, 2.24) is 9.88 Å². The number of amides is 1. The van der Waals surface area contributed by atoms with Crippen molar-refractivity contribution in [2.24, 2.45) is 0 Å². The van der Waals surface area contributed by atoms with Crippen molar-refractivity contribution in [1.29, 1.82) is 0 Å². The van der Waals surface area contributed by atoms with Crippen molar-refractivity contribution in [3.8, 4) is 0 Å². The summed E-state index contributed by atoms with van der Waals surface area (Å²) in [5.41, 5.74) is 0.394. The Bertz CT molecular complexity index is 898. The van der Waals surface area contributed by atoms with E-state index in [1.54, 1.807) is 22.9 Å². The highest BCUT2D eigenvalue weighted by Crippen LogP contribution is 2.20. The second-order valence-corrected chi connectivity index (χ2v) is 5.13. The number of pyridine rings is 1. The number of hydrogen-bond acceptors (Lipinski definition) is 3. The number of halogens is 1. The van der Waals surface area contributed by atoms with E-state index in [-0.39, 0.29) is 23.0 Å². The minimum atomic E-state index is -0.376. The van der Waals surface area contributed by atoms with Gasteiger partial charge in [0.1, 0.15) is 11.4 Å². The van der Waals surface area contributed by atoms with Gasteiger partial charge in [-0.1, -0.05) is 6.07 Å².